The number of rotatable bonds is 5. The van der Waals surface area contributed by atoms with Crippen molar-refractivity contribution < 1.29 is 4.74 Å². The Morgan fingerprint density at radius 2 is 2.38 bits per heavy atom. The molecule has 0 saturated carbocycles. The summed E-state index contributed by atoms with van der Waals surface area (Å²) in [6, 6.07) is 0.128. The topological polar surface area (TPSA) is 52.8 Å². The first kappa shape index (κ1) is 10.4. The summed E-state index contributed by atoms with van der Waals surface area (Å²) in [5, 5.41) is 11.2. The van der Waals surface area contributed by atoms with E-state index in [-0.39, 0.29) is 6.04 Å². The summed E-state index contributed by atoms with van der Waals surface area (Å²) in [5.41, 5.74) is 0. The van der Waals surface area contributed by atoms with Gasteiger partial charge in [-0.2, -0.15) is 0 Å². The van der Waals surface area contributed by atoms with Gasteiger partial charge in [0, 0.05) is 6.61 Å². The monoisotopic (exact) mass is 204 g/mol. The number of hydrogen-bond acceptors (Lipinski definition) is 4. The Hall–Kier alpha value is -0.680. The molecule has 1 heterocycles. The summed E-state index contributed by atoms with van der Waals surface area (Å²) in [4.78, 5) is 0. The Balaban J connectivity index is 2.59. The summed E-state index contributed by atoms with van der Waals surface area (Å²) in [5.74, 6) is 0.998. The maximum absolute atomic E-state index is 5.65. The molecule has 0 N–H and O–H groups in total. The lowest BCUT2D eigenvalue weighted by Crippen LogP contribution is -2.16. The maximum Gasteiger partial charge on any atom is 0.166 e. The summed E-state index contributed by atoms with van der Waals surface area (Å²) in [6.07, 6.45) is 0. The summed E-state index contributed by atoms with van der Waals surface area (Å²) < 4.78 is 6.94. The molecule has 0 fully saturated rings. The van der Waals surface area contributed by atoms with Crippen molar-refractivity contribution in [2.75, 3.05) is 13.2 Å². The molecular weight excluding hydrogens is 192 g/mol. The molecule has 74 valence electrons. The van der Waals surface area contributed by atoms with E-state index in [1.807, 2.05) is 13.8 Å². The van der Waals surface area contributed by atoms with E-state index in [1.165, 1.54) is 0 Å². The van der Waals surface area contributed by atoms with Crippen LogP contribution in [0.5, 0.6) is 0 Å². The van der Waals surface area contributed by atoms with Crippen molar-refractivity contribution >= 4 is 11.6 Å². The summed E-state index contributed by atoms with van der Waals surface area (Å²) in [7, 11) is 0. The van der Waals surface area contributed by atoms with E-state index in [1.54, 1.807) is 4.68 Å². The maximum atomic E-state index is 5.65. The van der Waals surface area contributed by atoms with Crippen LogP contribution in [0.3, 0.4) is 0 Å². The molecule has 1 aromatic rings. The zero-order chi connectivity index (χ0) is 9.68. The molecule has 1 aromatic heterocycles. The Morgan fingerprint density at radius 3 is 3.00 bits per heavy atom. The van der Waals surface area contributed by atoms with Gasteiger partial charge in [0.15, 0.2) is 5.82 Å². The first-order valence-electron chi connectivity index (χ1n) is 4.20. The van der Waals surface area contributed by atoms with Crippen molar-refractivity contribution in [1.29, 1.82) is 0 Å². The standard InChI is InChI=1S/C7H13ClN4O/c1-3-13-5-6(2)12-7(4-8)9-10-11-12/h6H,3-5H2,1-2H3. The minimum Gasteiger partial charge on any atom is -0.380 e. The van der Waals surface area contributed by atoms with Crippen LogP contribution >= 0.6 is 11.6 Å². The van der Waals surface area contributed by atoms with E-state index in [2.05, 4.69) is 15.5 Å². The third kappa shape index (κ3) is 2.63. The summed E-state index contributed by atoms with van der Waals surface area (Å²) in [6.45, 7) is 5.24. The highest BCUT2D eigenvalue weighted by atomic mass is 35.5. The molecule has 0 aliphatic heterocycles. The minimum atomic E-state index is 0.128. The molecule has 0 aliphatic carbocycles. The first-order valence-corrected chi connectivity index (χ1v) is 4.73. The average molecular weight is 205 g/mol. The van der Waals surface area contributed by atoms with Gasteiger partial charge in [-0.1, -0.05) is 0 Å². The third-order valence-electron chi connectivity index (χ3n) is 1.66. The lowest BCUT2D eigenvalue weighted by atomic mass is 10.4. The first-order chi connectivity index (χ1) is 6.29. The van der Waals surface area contributed by atoms with Crippen LogP contribution in [-0.4, -0.2) is 33.4 Å². The second-order valence-corrected chi connectivity index (χ2v) is 2.95. The van der Waals surface area contributed by atoms with Crippen LogP contribution < -0.4 is 0 Å². The van der Waals surface area contributed by atoms with E-state index >= 15 is 0 Å². The highest BCUT2D eigenvalue weighted by molar-refractivity contribution is 6.16. The second kappa shape index (κ2) is 5.14. The molecule has 0 spiro atoms. The van der Waals surface area contributed by atoms with Crippen molar-refractivity contribution in [3.8, 4) is 0 Å². The van der Waals surface area contributed by atoms with Crippen LogP contribution in [-0.2, 0) is 10.6 Å². The molecule has 1 atom stereocenters. The van der Waals surface area contributed by atoms with E-state index in [9.17, 15) is 0 Å². The summed E-state index contributed by atoms with van der Waals surface area (Å²) >= 11 is 5.65. The highest BCUT2D eigenvalue weighted by Gasteiger charge is 2.11. The molecule has 5 nitrogen and oxygen atoms in total. The lowest BCUT2D eigenvalue weighted by Gasteiger charge is -2.11. The van der Waals surface area contributed by atoms with Crippen LogP contribution in [0, 0.1) is 0 Å². The van der Waals surface area contributed by atoms with E-state index in [4.69, 9.17) is 16.3 Å². The predicted molar refractivity (Wildman–Crippen MR) is 48.6 cm³/mol. The van der Waals surface area contributed by atoms with Crippen LogP contribution in [0.15, 0.2) is 0 Å². The smallest absolute Gasteiger partial charge is 0.166 e. The number of hydrogen-bond donors (Lipinski definition) is 0. The largest absolute Gasteiger partial charge is 0.380 e. The van der Waals surface area contributed by atoms with E-state index in [0.29, 0.717) is 24.9 Å². The van der Waals surface area contributed by atoms with Gasteiger partial charge in [-0.3, -0.25) is 0 Å². The third-order valence-corrected chi connectivity index (χ3v) is 1.90. The molecule has 0 aromatic carbocycles. The van der Waals surface area contributed by atoms with Gasteiger partial charge in [0.2, 0.25) is 0 Å². The normalized spacial score (nSPS) is 13.2. The molecule has 0 radical (unpaired) electrons. The number of halogens is 1. The van der Waals surface area contributed by atoms with Gasteiger partial charge in [0.1, 0.15) is 0 Å². The second-order valence-electron chi connectivity index (χ2n) is 2.68. The van der Waals surface area contributed by atoms with Gasteiger partial charge in [0.25, 0.3) is 0 Å². The molecule has 6 heteroatoms. The lowest BCUT2D eigenvalue weighted by molar-refractivity contribution is 0.113. The van der Waals surface area contributed by atoms with Crippen molar-refractivity contribution in [3.05, 3.63) is 5.82 Å². The number of aromatic nitrogens is 4. The number of nitrogens with zero attached hydrogens (tertiary/aromatic N) is 4. The molecule has 0 bridgehead atoms. The zero-order valence-corrected chi connectivity index (χ0v) is 8.53. The molecule has 1 rings (SSSR count). The van der Waals surface area contributed by atoms with Crippen molar-refractivity contribution in [2.24, 2.45) is 0 Å². The van der Waals surface area contributed by atoms with Crippen LogP contribution in [0.25, 0.3) is 0 Å². The fourth-order valence-electron chi connectivity index (χ4n) is 1.00. The van der Waals surface area contributed by atoms with Crippen molar-refractivity contribution in [3.63, 3.8) is 0 Å². The Bertz CT molecular complexity index is 252. The Morgan fingerprint density at radius 1 is 1.62 bits per heavy atom. The molecule has 1 unspecified atom stereocenters. The molecule has 0 amide bonds. The van der Waals surface area contributed by atoms with Gasteiger partial charge in [-0.25, -0.2) is 4.68 Å². The van der Waals surface area contributed by atoms with Crippen LogP contribution in [0.1, 0.15) is 25.7 Å². The van der Waals surface area contributed by atoms with Crippen molar-refractivity contribution in [1.82, 2.24) is 20.2 Å². The SMILES string of the molecule is CCOCC(C)n1nnnc1CCl. The average Bonchev–Trinajstić information content (AvgIpc) is 2.61. The van der Waals surface area contributed by atoms with Crippen LogP contribution in [0.2, 0.25) is 0 Å². The fraction of sp³-hybridized carbons (Fsp3) is 0.857. The minimum absolute atomic E-state index is 0.128. The Kier molecular flexibility index (Phi) is 4.11. The van der Waals surface area contributed by atoms with Gasteiger partial charge in [0.05, 0.1) is 18.5 Å². The van der Waals surface area contributed by atoms with Gasteiger partial charge >= 0.3 is 0 Å². The van der Waals surface area contributed by atoms with Crippen molar-refractivity contribution in [2.45, 2.75) is 25.8 Å². The zero-order valence-electron chi connectivity index (χ0n) is 7.77. The van der Waals surface area contributed by atoms with E-state index in [0.717, 1.165) is 0 Å². The Labute approximate surface area is 82.0 Å². The quantitative estimate of drug-likeness (QED) is 0.672. The van der Waals surface area contributed by atoms with Gasteiger partial charge in [-0.15, -0.1) is 16.7 Å². The van der Waals surface area contributed by atoms with E-state index < -0.39 is 0 Å². The number of ether oxygens (including phenoxy) is 1. The highest BCUT2D eigenvalue weighted by Crippen LogP contribution is 2.07. The number of tetrazole rings is 1. The predicted octanol–water partition coefficient (Wildman–Crippen LogP) is 1.01. The fourth-order valence-corrected chi connectivity index (χ4v) is 1.18. The van der Waals surface area contributed by atoms with Gasteiger partial charge in [-0.05, 0) is 24.3 Å². The van der Waals surface area contributed by atoms with Crippen LogP contribution in [0.4, 0.5) is 0 Å². The molecule has 0 saturated heterocycles. The molecule has 0 aliphatic rings. The molecule has 13 heavy (non-hydrogen) atoms. The molecular formula is C7H13ClN4O. The number of alkyl halides is 1. The van der Waals surface area contributed by atoms with Gasteiger partial charge < -0.3 is 4.74 Å².